The molecule has 1 aromatic carbocycles. The van der Waals surface area contributed by atoms with E-state index < -0.39 is 0 Å². The quantitative estimate of drug-likeness (QED) is 0.727. The van der Waals surface area contributed by atoms with Crippen LogP contribution in [0.5, 0.6) is 0 Å². The van der Waals surface area contributed by atoms with E-state index in [0.29, 0.717) is 0 Å². The number of benzene rings is 1. The lowest BCUT2D eigenvalue weighted by molar-refractivity contribution is 0.273. The molecule has 1 saturated carbocycles. The van der Waals surface area contributed by atoms with Crippen LogP contribution in [0.3, 0.4) is 0 Å². The van der Waals surface area contributed by atoms with Gasteiger partial charge < -0.3 is 0 Å². The van der Waals surface area contributed by atoms with Gasteiger partial charge in [-0.25, -0.2) is 0 Å². The third-order valence-corrected chi connectivity index (χ3v) is 3.47. The van der Waals surface area contributed by atoms with Gasteiger partial charge in [0.05, 0.1) is 0 Å². The molecule has 0 radical (unpaired) electrons. The minimum Gasteiger partial charge on any atom is -0.292 e. The average Bonchev–Trinajstić information content (AvgIpc) is 2.87. The molecule has 0 saturated heterocycles. The van der Waals surface area contributed by atoms with Gasteiger partial charge in [-0.2, -0.15) is 0 Å². The van der Waals surface area contributed by atoms with Gasteiger partial charge >= 0.3 is 0 Å². The molecule has 2 aliphatic rings. The van der Waals surface area contributed by atoms with E-state index in [1.807, 2.05) is 0 Å². The SMILES string of the molecule is Brc1ccc2c(c1)CN(C1CC1)C2. The van der Waals surface area contributed by atoms with Crippen LogP contribution in [0.15, 0.2) is 22.7 Å². The van der Waals surface area contributed by atoms with Crippen LogP contribution in [-0.2, 0) is 13.1 Å². The fourth-order valence-corrected chi connectivity index (χ4v) is 2.50. The maximum absolute atomic E-state index is 3.52. The normalized spacial score (nSPS) is 21.9. The highest BCUT2D eigenvalue weighted by Crippen LogP contribution is 2.35. The molecule has 1 aliphatic carbocycles. The highest BCUT2D eigenvalue weighted by molar-refractivity contribution is 9.10. The second kappa shape index (κ2) is 2.82. The molecule has 68 valence electrons. The number of rotatable bonds is 1. The molecule has 1 nitrogen and oxygen atoms in total. The maximum Gasteiger partial charge on any atom is 0.0243 e. The van der Waals surface area contributed by atoms with Crippen molar-refractivity contribution in [3.8, 4) is 0 Å². The van der Waals surface area contributed by atoms with Crippen LogP contribution in [0.1, 0.15) is 24.0 Å². The number of hydrogen-bond acceptors (Lipinski definition) is 1. The lowest BCUT2D eigenvalue weighted by Gasteiger charge is -2.11. The van der Waals surface area contributed by atoms with Crippen LogP contribution in [-0.4, -0.2) is 10.9 Å². The van der Waals surface area contributed by atoms with Gasteiger partial charge in [0.25, 0.3) is 0 Å². The van der Waals surface area contributed by atoms with Gasteiger partial charge in [0.1, 0.15) is 0 Å². The van der Waals surface area contributed by atoms with Crippen LogP contribution in [0.4, 0.5) is 0 Å². The Morgan fingerprint density at radius 1 is 1.15 bits per heavy atom. The zero-order valence-electron chi connectivity index (χ0n) is 7.46. The molecule has 0 spiro atoms. The van der Waals surface area contributed by atoms with E-state index >= 15 is 0 Å². The van der Waals surface area contributed by atoms with Crippen LogP contribution in [0.2, 0.25) is 0 Å². The third kappa shape index (κ3) is 1.42. The molecule has 0 bridgehead atoms. The number of halogens is 1. The van der Waals surface area contributed by atoms with Gasteiger partial charge in [-0.3, -0.25) is 4.90 Å². The first-order valence-corrected chi connectivity index (χ1v) is 5.63. The third-order valence-electron chi connectivity index (χ3n) is 2.98. The molecule has 0 aromatic heterocycles. The number of nitrogens with zero attached hydrogens (tertiary/aromatic N) is 1. The smallest absolute Gasteiger partial charge is 0.0243 e. The van der Waals surface area contributed by atoms with Gasteiger partial charge in [0, 0.05) is 23.6 Å². The van der Waals surface area contributed by atoms with Gasteiger partial charge in [0.15, 0.2) is 0 Å². The van der Waals surface area contributed by atoms with E-state index in [1.165, 1.54) is 41.5 Å². The summed E-state index contributed by atoms with van der Waals surface area (Å²) in [5, 5.41) is 0. The largest absolute Gasteiger partial charge is 0.292 e. The molecule has 2 heteroatoms. The Morgan fingerprint density at radius 2 is 1.92 bits per heavy atom. The maximum atomic E-state index is 3.52. The molecule has 1 fully saturated rings. The topological polar surface area (TPSA) is 3.24 Å². The van der Waals surface area contributed by atoms with Crippen molar-refractivity contribution in [2.24, 2.45) is 0 Å². The van der Waals surface area contributed by atoms with Crippen molar-refractivity contribution < 1.29 is 0 Å². The lowest BCUT2D eigenvalue weighted by Crippen LogP contribution is -2.18. The highest BCUT2D eigenvalue weighted by Gasteiger charge is 2.32. The van der Waals surface area contributed by atoms with Crippen molar-refractivity contribution in [3.05, 3.63) is 33.8 Å². The predicted octanol–water partition coefficient (Wildman–Crippen LogP) is 2.93. The summed E-state index contributed by atoms with van der Waals surface area (Å²) in [6.07, 6.45) is 2.82. The Balaban J connectivity index is 1.90. The fourth-order valence-electron chi connectivity index (χ4n) is 2.09. The van der Waals surface area contributed by atoms with E-state index in [0.717, 1.165) is 6.04 Å². The first kappa shape index (κ1) is 8.01. The van der Waals surface area contributed by atoms with E-state index in [1.54, 1.807) is 0 Å². The standard InChI is InChI=1S/C11H12BrN/c12-10-2-1-8-6-13(11-3-4-11)7-9(8)5-10/h1-2,5,11H,3-4,6-7H2. The van der Waals surface area contributed by atoms with Gasteiger partial charge in [-0.05, 0) is 36.1 Å². The summed E-state index contributed by atoms with van der Waals surface area (Å²) in [6, 6.07) is 7.56. The van der Waals surface area contributed by atoms with Crippen LogP contribution >= 0.6 is 15.9 Å². The van der Waals surface area contributed by atoms with Gasteiger partial charge in [-0.1, -0.05) is 22.0 Å². The molecule has 0 amide bonds. The zero-order chi connectivity index (χ0) is 8.84. The van der Waals surface area contributed by atoms with Crippen LogP contribution in [0.25, 0.3) is 0 Å². The monoisotopic (exact) mass is 237 g/mol. The van der Waals surface area contributed by atoms with Crippen LogP contribution < -0.4 is 0 Å². The van der Waals surface area contributed by atoms with Crippen molar-refractivity contribution in [1.29, 1.82) is 0 Å². The minimum atomic E-state index is 0.895. The molecule has 13 heavy (non-hydrogen) atoms. The summed E-state index contributed by atoms with van der Waals surface area (Å²) >= 11 is 3.52. The first-order valence-electron chi connectivity index (χ1n) is 4.84. The van der Waals surface area contributed by atoms with Crippen molar-refractivity contribution in [2.45, 2.75) is 32.0 Å². The zero-order valence-corrected chi connectivity index (χ0v) is 9.05. The van der Waals surface area contributed by atoms with Crippen molar-refractivity contribution in [2.75, 3.05) is 0 Å². The highest BCUT2D eigenvalue weighted by atomic mass is 79.9. The molecule has 0 N–H and O–H groups in total. The number of hydrogen-bond donors (Lipinski definition) is 0. The van der Waals surface area contributed by atoms with Crippen molar-refractivity contribution in [1.82, 2.24) is 4.90 Å². The number of fused-ring (bicyclic) bond motifs is 1. The summed E-state index contributed by atoms with van der Waals surface area (Å²) in [5.41, 5.74) is 3.04. The van der Waals surface area contributed by atoms with E-state index in [2.05, 4.69) is 39.0 Å². The first-order chi connectivity index (χ1) is 6.33. The Bertz CT molecular complexity index is 344. The van der Waals surface area contributed by atoms with E-state index in [-0.39, 0.29) is 0 Å². The summed E-state index contributed by atoms with van der Waals surface area (Å²) in [5.74, 6) is 0. The molecule has 1 aliphatic heterocycles. The minimum absolute atomic E-state index is 0.895. The second-order valence-corrected chi connectivity index (χ2v) is 4.96. The Labute approximate surface area is 86.9 Å². The Kier molecular flexibility index (Phi) is 1.74. The van der Waals surface area contributed by atoms with Crippen molar-refractivity contribution >= 4 is 15.9 Å². The summed E-state index contributed by atoms with van der Waals surface area (Å²) < 4.78 is 1.21. The van der Waals surface area contributed by atoms with Crippen LogP contribution in [0, 0.1) is 0 Å². The Hall–Kier alpha value is -0.340. The molecular weight excluding hydrogens is 226 g/mol. The van der Waals surface area contributed by atoms with E-state index in [9.17, 15) is 0 Å². The van der Waals surface area contributed by atoms with E-state index in [4.69, 9.17) is 0 Å². The molecular formula is C11H12BrN. The van der Waals surface area contributed by atoms with Crippen molar-refractivity contribution in [3.63, 3.8) is 0 Å². The predicted molar refractivity (Wildman–Crippen MR) is 56.4 cm³/mol. The molecule has 0 unspecified atom stereocenters. The van der Waals surface area contributed by atoms with Gasteiger partial charge in [0.2, 0.25) is 0 Å². The average molecular weight is 238 g/mol. The summed E-state index contributed by atoms with van der Waals surface area (Å²) in [7, 11) is 0. The molecule has 1 heterocycles. The lowest BCUT2D eigenvalue weighted by atomic mass is 10.1. The second-order valence-electron chi connectivity index (χ2n) is 4.05. The summed E-state index contributed by atoms with van der Waals surface area (Å²) in [4.78, 5) is 2.59. The Morgan fingerprint density at radius 3 is 2.69 bits per heavy atom. The van der Waals surface area contributed by atoms with Gasteiger partial charge in [-0.15, -0.1) is 0 Å². The fraction of sp³-hybridized carbons (Fsp3) is 0.455. The summed E-state index contributed by atoms with van der Waals surface area (Å²) in [6.45, 7) is 2.34. The molecule has 1 aromatic rings. The molecule has 3 rings (SSSR count). The molecule has 0 atom stereocenters.